The highest BCUT2D eigenvalue weighted by atomic mass is 19.1. The van der Waals surface area contributed by atoms with Crippen molar-refractivity contribution in [2.75, 3.05) is 31.1 Å². The van der Waals surface area contributed by atoms with Gasteiger partial charge in [-0.3, -0.25) is 4.90 Å². The largest absolute Gasteiger partial charge is 0.441 e. The van der Waals surface area contributed by atoms with Crippen molar-refractivity contribution in [3.63, 3.8) is 0 Å². The summed E-state index contributed by atoms with van der Waals surface area (Å²) >= 11 is 0. The Balaban J connectivity index is 1.39. The van der Waals surface area contributed by atoms with Gasteiger partial charge in [-0.1, -0.05) is 18.2 Å². The van der Waals surface area contributed by atoms with Crippen molar-refractivity contribution < 1.29 is 8.81 Å². The van der Waals surface area contributed by atoms with E-state index in [2.05, 4.69) is 9.80 Å². The molecule has 4 nitrogen and oxygen atoms in total. The van der Waals surface area contributed by atoms with Gasteiger partial charge in [-0.15, -0.1) is 0 Å². The fourth-order valence-electron chi connectivity index (χ4n) is 3.31. The molecule has 0 N–H and O–H groups in total. The lowest BCUT2D eigenvalue weighted by molar-refractivity contribution is 0.246. The second kappa shape index (κ2) is 7.30. The number of aromatic nitrogens is 1. The molecule has 2 heterocycles. The summed E-state index contributed by atoms with van der Waals surface area (Å²) < 4.78 is 18.9. The molecule has 0 spiro atoms. The van der Waals surface area contributed by atoms with E-state index >= 15 is 0 Å². The Morgan fingerprint density at radius 1 is 0.962 bits per heavy atom. The first-order chi connectivity index (χ1) is 12.7. The monoisotopic (exact) mass is 351 g/mol. The average Bonchev–Trinajstić information content (AvgIpc) is 3.04. The van der Waals surface area contributed by atoms with Crippen LogP contribution >= 0.6 is 0 Å². The van der Waals surface area contributed by atoms with Gasteiger partial charge < -0.3 is 9.32 Å². The third kappa shape index (κ3) is 3.63. The standard InChI is InChI=1S/C21H22FN3O/c1-16-20(23-21(26-16)17-5-3-2-4-6-17)15-24-11-13-25(14-12-24)19-9-7-18(22)8-10-19/h2-10H,11-15H2,1H3. The highest BCUT2D eigenvalue weighted by Crippen LogP contribution is 2.23. The van der Waals surface area contributed by atoms with Crippen molar-refractivity contribution in [3.8, 4) is 11.5 Å². The summed E-state index contributed by atoms with van der Waals surface area (Å²) in [5, 5.41) is 0. The molecule has 26 heavy (non-hydrogen) atoms. The van der Waals surface area contributed by atoms with E-state index in [1.165, 1.54) is 12.1 Å². The fourth-order valence-corrected chi connectivity index (χ4v) is 3.31. The Morgan fingerprint density at radius 3 is 2.35 bits per heavy atom. The Hall–Kier alpha value is -2.66. The third-order valence-corrected chi connectivity index (χ3v) is 4.85. The number of hydrogen-bond acceptors (Lipinski definition) is 4. The first-order valence-corrected chi connectivity index (χ1v) is 8.93. The lowest BCUT2D eigenvalue weighted by Crippen LogP contribution is -2.46. The number of halogens is 1. The lowest BCUT2D eigenvalue weighted by Gasteiger charge is -2.35. The molecule has 134 valence electrons. The molecule has 3 aromatic rings. The lowest BCUT2D eigenvalue weighted by atomic mass is 10.2. The van der Waals surface area contributed by atoms with Crippen molar-refractivity contribution >= 4 is 5.69 Å². The van der Waals surface area contributed by atoms with Gasteiger partial charge in [0.1, 0.15) is 11.6 Å². The Morgan fingerprint density at radius 2 is 1.65 bits per heavy atom. The van der Waals surface area contributed by atoms with E-state index in [1.54, 1.807) is 0 Å². The second-order valence-corrected chi connectivity index (χ2v) is 6.63. The maximum Gasteiger partial charge on any atom is 0.226 e. The number of benzene rings is 2. The molecule has 5 heteroatoms. The predicted molar refractivity (Wildman–Crippen MR) is 101 cm³/mol. The zero-order valence-corrected chi connectivity index (χ0v) is 14.9. The molecule has 1 aliphatic heterocycles. The van der Waals surface area contributed by atoms with Crippen molar-refractivity contribution in [2.45, 2.75) is 13.5 Å². The Kier molecular flexibility index (Phi) is 4.71. The number of rotatable bonds is 4. The fraction of sp³-hybridized carbons (Fsp3) is 0.286. The molecule has 1 aromatic heterocycles. The van der Waals surface area contributed by atoms with Crippen LogP contribution in [0.25, 0.3) is 11.5 Å². The summed E-state index contributed by atoms with van der Waals surface area (Å²) in [5.74, 6) is 1.37. The molecule has 0 bridgehead atoms. The van der Waals surface area contributed by atoms with Gasteiger partial charge in [-0.25, -0.2) is 9.37 Å². The number of oxazole rings is 1. The van der Waals surface area contributed by atoms with E-state index in [9.17, 15) is 4.39 Å². The zero-order chi connectivity index (χ0) is 17.9. The van der Waals surface area contributed by atoms with Crippen LogP contribution in [0.15, 0.2) is 59.0 Å². The third-order valence-electron chi connectivity index (χ3n) is 4.85. The molecule has 4 rings (SSSR count). The number of piperazine rings is 1. The van der Waals surface area contributed by atoms with E-state index in [4.69, 9.17) is 9.40 Å². The summed E-state index contributed by atoms with van der Waals surface area (Å²) in [6.07, 6.45) is 0. The first kappa shape index (κ1) is 16.8. The summed E-state index contributed by atoms with van der Waals surface area (Å²) in [6, 6.07) is 16.7. The van der Waals surface area contributed by atoms with Gasteiger partial charge >= 0.3 is 0 Å². The molecular weight excluding hydrogens is 329 g/mol. The van der Waals surface area contributed by atoms with Gasteiger partial charge in [0.2, 0.25) is 5.89 Å². The minimum Gasteiger partial charge on any atom is -0.441 e. The smallest absolute Gasteiger partial charge is 0.226 e. The second-order valence-electron chi connectivity index (χ2n) is 6.63. The summed E-state index contributed by atoms with van der Waals surface area (Å²) in [4.78, 5) is 9.38. The van der Waals surface area contributed by atoms with E-state index in [0.29, 0.717) is 5.89 Å². The number of nitrogens with zero attached hydrogens (tertiary/aromatic N) is 3. The van der Waals surface area contributed by atoms with Crippen LogP contribution < -0.4 is 4.90 Å². The molecule has 0 atom stereocenters. The molecule has 1 fully saturated rings. The van der Waals surface area contributed by atoms with E-state index < -0.39 is 0 Å². The molecule has 2 aromatic carbocycles. The molecule has 0 amide bonds. The van der Waals surface area contributed by atoms with Crippen LogP contribution in [0.3, 0.4) is 0 Å². The van der Waals surface area contributed by atoms with Crippen molar-refractivity contribution in [1.82, 2.24) is 9.88 Å². The normalized spacial score (nSPS) is 15.4. The average molecular weight is 351 g/mol. The Bertz CT molecular complexity index is 853. The predicted octanol–water partition coefficient (Wildman–Crippen LogP) is 4.11. The van der Waals surface area contributed by atoms with Crippen LogP contribution in [0.1, 0.15) is 11.5 Å². The summed E-state index contributed by atoms with van der Waals surface area (Å²) in [7, 11) is 0. The number of anilines is 1. The maximum absolute atomic E-state index is 13.1. The highest BCUT2D eigenvalue weighted by Gasteiger charge is 2.20. The van der Waals surface area contributed by atoms with Gasteiger partial charge in [0.25, 0.3) is 0 Å². The minimum atomic E-state index is -0.192. The summed E-state index contributed by atoms with van der Waals surface area (Å²) in [5.41, 5.74) is 3.08. The maximum atomic E-state index is 13.1. The van der Waals surface area contributed by atoms with Gasteiger partial charge in [0.15, 0.2) is 0 Å². The molecule has 0 saturated carbocycles. The topological polar surface area (TPSA) is 32.5 Å². The van der Waals surface area contributed by atoms with Crippen molar-refractivity contribution in [3.05, 3.63) is 71.9 Å². The van der Waals surface area contributed by atoms with Gasteiger partial charge in [-0.05, 0) is 43.3 Å². The quantitative estimate of drug-likeness (QED) is 0.708. The molecule has 0 unspecified atom stereocenters. The number of hydrogen-bond donors (Lipinski definition) is 0. The highest BCUT2D eigenvalue weighted by molar-refractivity contribution is 5.53. The summed E-state index contributed by atoms with van der Waals surface area (Å²) in [6.45, 7) is 6.51. The molecule has 0 radical (unpaired) electrons. The zero-order valence-electron chi connectivity index (χ0n) is 14.9. The first-order valence-electron chi connectivity index (χ1n) is 8.93. The minimum absolute atomic E-state index is 0.192. The Labute approximate surface area is 152 Å². The van der Waals surface area contributed by atoms with Gasteiger partial charge in [0, 0.05) is 44.0 Å². The van der Waals surface area contributed by atoms with Gasteiger partial charge in [0.05, 0.1) is 5.69 Å². The SMILES string of the molecule is Cc1oc(-c2ccccc2)nc1CN1CCN(c2ccc(F)cc2)CC1. The van der Waals surface area contributed by atoms with Crippen LogP contribution in [0.2, 0.25) is 0 Å². The van der Waals surface area contributed by atoms with E-state index in [1.807, 2.05) is 49.4 Å². The van der Waals surface area contributed by atoms with Crippen LogP contribution in [-0.4, -0.2) is 36.1 Å². The van der Waals surface area contributed by atoms with Crippen LogP contribution in [0, 0.1) is 12.7 Å². The molecular formula is C21H22FN3O. The van der Waals surface area contributed by atoms with Crippen molar-refractivity contribution in [1.29, 1.82) is 0 Å². The number of aryl methyl sites for hydroxylation is 1. The van der Waals surface area contributed by atoms with Crippen LogP contribution in [0.5, 0.6) is 0 Å². The van der Waals surface area contributed by atoms with E-state index in [-0.39, 0.29) is 5.82 Å². The molecule has 0 aliphatic carbocycles. The van der Waals surface area contributed by atoms with Crippen LogP contribution in [0.4, 0.5) is 10.1 Å². The van der Waals surface area contributed by atoms with E-state index in [0.717, 1.165) is 55.4 Å². The van der Waals surface area contributed by atoms with Gasteiger partial charge in [-0.2, -0.15) is 0 Å². The molecule has 1 saturated heterocycles. The molecule has 1 aliphatic rings. The van der Waals surface area contributed by atoms with Crippen molar-refractivity contribution in [2.24, 2.45) is 0 Å². The van der Waals surface area contributed by atoms with Crippen LogP contribution in [-0.2, 0) is 6.54 Å².